The highest BCUT2D eigenvalue weighted by atomic mass is 35.5. The van der Waals surface area contributed by atoms with Crippen LogP contribution in [0.4, 0.5) is 0 Å². The third-order valence-electron chi connectivity index (χ3n) is 3.42. The fourth-order valence-electron chi connectivity index (χ4n) is 2.22. The zero-order chi connectivity index (χ0) is 17.3. The Balaban J connectivity index is 2.19. The number of carbonyl (C=O) groups is 1. The Bertz CT molecular complexity index is 928. The van der Waals surface area contributed by atoms with Gasteiger partial charge in [-0.15, -0.1) is 5.10 Å². The number of hydrogen-bond acceptors (Lipinski definition) is 5. The molecule has 0 saturated carbocycles. The second-order valence-electron chi connectivity index (χ2n) is 5.55. The molecular formula is C17H16ClN5O. The summed E-state index contributed by atoms with van der Waals surface area (Å²) in [5, 5.41) is 5.16. The zero-order valence-corrected chi connectivity index (χ0v) is 14.3. The van der Waals surface area contributed by atoms with Crippen molar-refractivity contribution in [3.05, 3.63) is 52.9 Å². The van der Waals surface area contributed by atoms with Crippen molar-refractivity contribution < 1.29 is 4.79 Å². The average Bonchev–Trinajstić information content (AvgIpc) is 2.97. The molecule has 0 spiro atoms. The van der Waals surface area contributed by atoms with Crippen LogP contribution in [0.5, 0.6) is 0 Å². The molecule has 0 amide bonds. The van der Waals surface area contributed by atoms with Crippen LogP contribution < -0.4 is 0 Å². The maximum Gasteiger partial charge on any atom is 0.253 e. The van der Waals surface area contributed by atoms with Gasteiger partial charge in [0.05, 0.1) is 11.3 Å². The van der Waals surface area contributed by atoms with Crippen LogP contribution in [0.3, 0.4) is 0 Å². The minimum absolute atomic E-state index is 0.0775. The number of rotatable bonds is 4. The molecule has 0 atom stereocenters. The van der Waals surface area contributed by atoms with E-state index in [0.717, 1.165) is 5.56 Å². The molecule has 0 saturated heterocycles. The predicted octanol–water partition coefficient (Wildman–Crippen LogP) is 3.18. The van der Waals surface area contributed by atoms with Crippen molar-refractivity contribution in [2.24, 2.45) is 0 Å². The standard InChI is InChI=1S/C17H16ClN5O/c1-11(24)14-10-19-17-20-16(12-4-6-13(18)7-5-12)21-23(17)15(14)8-9-22(2)3/h4-10H,1-3H3/b9-8+. The Kier molecular flexibility index (Phi) is 4.31. The van der Waals surface area contributed by atoms with Gasteiger partial charge in [-0.05, 0) is 37.3 Å². The van der Waals surface area contributed by atoms with Crippen LogP contribution in [0.15, 0.2) is 36.7 Å². The summed E-state index contributed by atoms with van der Waals surface area (Å²) in [5.74, 6) is 0.883. The van der Waals surface area contributed by atoms with E-state index < -0.39 is 0 Å². The van der Waals surface area contributed by atoms with Gasteiger partial charge in [-0.2, -0.15) is 9.50 Å². The third kappa shape index (κ3) is 3.14. The molecule has 3 aromatic rings. The van der Waals surface area contributed by atoms with E-state index in [0.29, 0.717) is 27.9 Å². The van der Waals surface area contributed by atoms with Crippen molar-refractivity contribution in [3.63, 3.8) is 0 Å². The number of aromatic nitrogens is 4. The Hall–Kier alpha value is -2.73. The number of nitrogens with zero attached hydrogens (tertiary/aromatic N) is 5. The van der Waals surface area contributed by atoms with Gasteiger partial charge in [0.15, 0.2) is 11.6 Å². The Morgan fingerprint density at radius 3 is 2.58 bits per heavy atom. The Morgan fingerprint density at radius 2 is 1.96 bits per heavy atom. The molecular weight excluding hydrogens is 326 g/mol. The van der Waals surface area contributed by atoms with Crippen LogP contribution in [-0.4, -0.2) is 44.4 Å². The first-order chi connectivity index (χ1) is 11.5. The van der Waals surface area contributed by atoms with Gasteiger partial charge in [0, 0.05) is 37.1 Å². The first kappa shape index (κ1) is 16.1. The van der Waals surface area contributed by atoms with Crippen LogP contribution in [-0.2, 0) is 0 Å². The summed E-state index contributed by atoms with van der Waals surface area (Å²) in [4.78, 5) is 22.5. The Morgan fingerprint density at radius 1 is 1.25 bits per heavy atom. The summed E-state index contributed by atoms with van der Waals surface area (Å²) >= 11 is 5.92. The number of fused-ring (bicyclic) bond motifs is 1. The van der Waals surface area contributed by atoms with Crippen LogP contribution in [0.2, 0.25) is 5.02 Å². The molecule has 24 heavy (non-hydrogen) atoms. The van der Waals surface area contributed by atoms with E-state index in [9.17, 15) is 4.79 Å². The predicted molar refractivity (Wildman–Crippen MR) is 94.0 cm³/mol. The van der Waals surface area contributed by atoms with Crippen molar-refractivity contribution in [1.29, 1.82) is 0 Å². The normalized spacial score (nSPS) is 11.3. The smallest absolute Gasteiger partial charge is 0.253 e. The van der Waals surface area contributed by atoms with E-state index >= 15 is 0 Å². The monoisotopic (exact) mass is 341 g/mol. The molecule has 0 aliphatic carbocycles. The number of halogens is 1. The topological polar surface area (TPSA) is 63.4 Å². The minimum atomic E-state index is -0.0775. The molecule has 0 aliphatic heterocycles. The molecule has 0 N–H and O–H groups in total. The number of hydrogen-bond donors (Lipinski definition) is 0. The quantitative estimate of drug-likeness (QED) is 0.682. The van der Waals surface area contributed by atoms with Gasteiger partial charge in [-0.1, -0.05) is 11.6 Å². The molecule has 0 fully saturated rings. The molecule has 3 rings (SSSR count). The van der Waals surface area contributed by atoms with Crippen molar-refractivity contribution in [2.45, 2.75) is 6.92 Å². The average molecular weight is 342 g/mol. The molecule has 2 aromatic heterocycles. The van der Waals surface area contributed by atoms with Crippen molar-refractivity contribution in [3.8, 4) is 11.4 Å². The summed E-state index contributed by atoms with van der Waals surface area (Å²) in [6.45, 7) is 1.51. The fourth-order valence-corrected chi connectivity index (χ4v) is 2.35. The second-order valence-corrected chi connectivity index (χ2v) is 5.98. The lowest BCUT2D eigenvalue weighted by molar-refractivity contribution is 0.101. The van der Waals surface area contributed by atoms with E-state index in [1.807, 2.05) is 43.4 Å². The Labute approximate surface area is 144 Å². The van der Waals surface area contributed by atoms with E-state index in [1.165, 1.54) is 13.1 Å². The molecule has 122 valence electrons. The molecule has 0 aliphatic rings. The molecule has 6 nitrogen and oxygen atoms in total. The van der Waals surface area contributed by atoms with Crippen molar-refractivity contribution >= 4 is 29.2 Å². The van der Waals surface area contributed by atoms with E-state index in [4.69, 9.17) is 11.6 Å². The van der Waals surface area contributed by atoms with Gasteiger partial charge in [-0.3, -0.25) is 4.79 Å². The van der Waals surface area contributed by atoms with E-state index in [-0.39, 0.29) is 5.78 Å². The van der Waals surface area contributed by atoms with Crippen LogP contribution in [0.1, 0.15) is 23.0 Å². The highest BCUT2D eigenvalue weighted by Gasteiger charge is 2.15. The molecule has 0 radical (unpaired) electrons. The molecule has 0 unspecified atom stereocenters. The molecule has 0 bridgehead atoms. The van der Waals surface area contributed by atoms with Gasteiger partial charge in [0.2, 0.25) is 0 Å². The van der Waals surface area contributed by atoms with Gasteiger partial charge in [0.25, 0.3) is 5.78 Å². The van der Waals surface area contributed by atoms with Crippen molar-refractivity contribution in [2.75, 3.05) is 14.1 Å². The SMILES string of the molecule is CC(=O)c1cnc2nc(-c3ccc(Cl)cc3)nn2c1/C=C/N(C)C. The summed E-state index contributed by atoms with van der Waals surface area (Å²) < 4.78 is 1.58. The summed E-state index contributed by atoms with van der Waals surface area (Å²) in [6, 6.07) is 7.25. The summed E-state index contributed by atoms with van der Waals surface area (Å²) in [5.41, 5.74) is 1.97. The second kappa shape index (κ2) is 6.41. The van der Waals surface area contributed by atoms with Gasteiger partial charge in [-0.25, -0.2) is 4.98 Å². The number of carbonyl (C=O) groups excluding carboxylic acids is 1. The van der Waals surface area contributed by atoms with Gasteiger partial charge >= 0.3 is 0 Å². The van der Waals surface area contributed by atoms with E-state index in [2.05, 4.69) is 15.1 Å². The largest absolute Gasteiger partial charge is 0.383 e. The molecule has 2 heterocycles. The highest BCUT2D eigenvalue weighted by molar-refractivity contribution is 6.30. The first-order valence-electron chi connectivity index (χ1n) is 7.33. The third-order valence-corrected chi connectivity index (χ3v) is 3.67. The minimum Gasteiger partial charge on any atom is -0.383 e. The molecule has 7 heteroatoms. The van der Waals surface area contributed by atoms with Gasteiger partial charge in [0.1, 0.15) is 0 Å². The summed E-state index contributed by atoms with van der Waals surface area (Å²) in [6.07, 6.45) is 5.21. The maximum atomic E-state index is 11.9. The lowest BCUT2D eigenvalue weighted by Crippen LogP contribution is -2.07. The van der Waals surface area contributed by atoms with Crippen LogP contribution in [0.25, 0.3) is 23.2 Å². The fraction of sp³-hybridized carbons (Fsp3) is 0.176. The van der Waals surface area contributed by atoms with Crippen molar-refractivity contribution in [1.82, 2.24) is 24.5 Å². The van der Waals surface area contributed by atoms with E-state index in [1.54, 1.807) is 16.6 Å². The van der Waals surface area contributed by atoms with Crippen LogP contribution >= 0.6 is 11.6 Å². The summed E-state index contributed by atoms with van der Waals surface area (Å²) in [7, 11) is 3.81. The lowest BCUT2D eigenvalue weighted by atomic mass is 10.1. The lowest BCUT2D eigenvalue weighted by Gasteiger charge is -2.07. The van der Waals surface area contributed by atoms with Crippen LogP contribution in [0, 0.1) is 0 Å². The molecule has 1 aromatic carbocycles. The van der Waals surface area contributed by atoms with Gasteiger partial charge < -0.3 is 4.90 Å². The number of ketones is 1. The maximum absolute atomic E-state index is 11.9. The number of benzene rings is 1. The zero-order valence-electron chi connectivity index (χ0n) is 13.6. The highest BCUT2D eigenvalue weighted by Crippen LogP contribution is 2.20. The number of Topliss-reactive ketones (excluding diaryl/α,β-unsaturated/α-hetero) is 1. The first-order valence-corrected chi connectivity index (χ1v) is 7.71.